The van der Waals surface area contributed by atoms with Gasteiger partial charge in [0.15, 0.2) is 0 Å². The molecule has 0 radical (unpaired) electrons. The summed E-state index contributed by atoms with van der Waals surface area (Å²) in [7, 11) is 0. The molecule has 1 aliphatic heterocycles. The van der Waals surface area contributed by atoms with Gasteiger partial charge in [-0.3, -0.25) is 24.1 Å². The van der Waals surface area contributed by atoms with E-state index in [2.05, 4.69) is 16.0 Å². The second kappa shape index (κ2) is 13.6. The number of hydrogen-bond acceptors (Lipinski definition) is 7. The van der Waals surface area contributed by atoms with Gasteiger partial charge in [-0.15, -0.1) is 0 Å². The lowest BCUT2D eigenvalue weighted by Gasteiger charge is -2.36. The molecule has 11 nitrogen and oxygen atoms in total. The Labute approximate surface area is 236 Å². The molecule has 2 rings (SSSR count). The highest BCUT2D eigenvalue weighted by atomic mass is 16.6. The van der Waals surface area contributed by atoms with E-state index >= 15 is 0 Å². The second-order valence-electron chi connectivity index (χ2n) is 11.5. The lowest BCUT2D eigenvalue weighted by Crippen LogP contribution is -2.66. The van der Waals surface area contributed by atoms with Crippen LogP contribution in [0.2, 0.25) is 0 Å². The lowest BCUT2D eigenvalue weighted by molar-refractivity contribution is -0.155. The predicted molar refractivity (Wildman–Crippen MR) is 149 cm³/mol. The van der Waals surface area contributed by atoms with E-state index in [1.54, 1.807) is 48.5 Å². The van der Waals surface area contributed by atoms with E-state index in [0.29, 0.717) is 19.4 Å². The molecular weight excluding hydrogens is 516 g/mol. The number of esters is 1. The molecule has 0 saturated carbocycles. The SMILES string of the molecule is CC[C@@](C)(NC(=O)[C@@H]1CCCN1C(=O)OCc1ccccc1)C(=O)N[C@@](C)(CC)C(=O)NCC(=O)OC(C)(C)C. The fourth-order valence-electron chi connectivity index (χ4n) is 4.14. The van der Waals surface area contributed by atoms with Crippen LogP contribution in [0.4, 0.5) is 4.79 Å². The number of likely N-dealkylation sites (tertiary alicyclic amines) is 1. The number of amides is 4. The summed E-state index contributed by atoms with van der Waals surface area (Å²) in [5, 5.41) is 8.08. The Hall–Kier alpha value is -3.63. The van der Waals surface area contributed by atoms with Gasteiger partial charge in [-0.25, -0.2) is 4.79 Å². The van der Waals surface area contributed by atoms with Gasteiger partial charge in [0.1, 0.15) is 35.9 Å². The standard InChI is InChI=1S/C29H44N4O7/c1-8-28(6,24(36)30-18-22(34)40-27(3,4)5)32-25(37)29(7,9-2)31-23(35)21-16-13-17-33(21)26(38)39-19-20-14-11-10-12-15-20/h10-12,14-15,21H,8-9,13,16-19H2,1-7H3,(H,30,36)(H,31,35)(H,32,37)/t21-,28-,29+/m0/s1. The molecule has 4 amide bonds. The maximum absolute atomic E-state index is 13.4. The summed E-state index contributed by atoms with van der Waals surface area (Å²) in [6.45, 7) is 11.9. The molecule has 3 atom stereocenters. The third-order valence-corrected chi connectivity index (χ3v) is 7.01. The normalized spacial score (nSPS) is 18.1. The van der Waals surface area contributed by atoms with Crippen molar-refractivity contribution in [1.82, 2.24) is 20.9 Å². The third-order valence-electron chi connectivity index (χ3n) is 7.01. The first-order valence-corrected chi connectivity index (χ1v) is 13.8. The van der Waals surface area contributed by atoms with Crippen LogP contribution < -0.4 is 16.0 Å². The van der Waals surface area contributed by atoms with E-state index in [0.717, 1.165) is 5.56 Å². The maximum Gasteiger partial charge on any atom is 0.410 e. The molecule has 0 bridgehead atoms. The van der Waals surface area contributed by atoms with Crippen molar-refractivity contribution in [1.29, 1.82) is 0 Å². The Balaban J connectivity index is 2.02. The minimum atomic E-state index is -1.36. The monoisotopic (exact) mass is 560 g/mol. The van der Waals surface area contributed by atoms with Crippen molar-refractivity contribution in [3.05, 3.63) is 35.9 Å². The number of carbonyl (C=O) groups excluding carboxylic acids is 5. The summed E-state index contributed by atoms with van der Waals surface area (Å²) < 4.78 is 10.6. The van der Waals surface area contributed by atoms with Crippen LogP contribution in [0.25, 0.3) is 0 Å². The number of benzene rings is 1. The Morgan fingerprint density at radius 1 is 0.900 bits per heavy atom. The zero-order chi connectivity index (χ0) is 30.1. The highest BCUT2D eigenvalue weighted by Crippen LogP contribution is 2.22. The van der Waals surface area contributed by atoms with Crippen LogP contribution >= 0.6 is 0 Å². The van der Waals surface area contributed by atoms with E-state index in [9.17, 15) is 24.0 Å². The van der Waals surface area contributed by atoms with E-state index in [-0.39, 0.29) is 26.0 Å². The molecule has 1 saturated heterocycles. The van der Waals surface area contributed by atoms with Crippen molar-refractivity contribution < 1.29 is 33.4 Å². The van der Waals surface area contributed by atoms with Crippen LogP contribution in [0.15, 0.2) is 30.3 Å². The maximum atomic E-state index is 13.4. The van der Waals surface area contributed by atoms with Crippen molar-refractivity contribution in [3.8, 4) is 0 Å². The molecule has 1 fully saturated rings. The van der Waals surface area contributed by atoms with Gasteiger partial charge in [-0.05, 0) is 65.9 Å². The molecule has 0 unspecified atom stereocenters. The largest absolute Gasteiger partial charge is 0.459 e. The van der Waals surface area contributed by atoms with Crippen molar-refractivity contribution in [3.63, 3.8) is 0 Å². The average molecular weight is 561 g/mol. The van der Waals surface area contributed by atoms with Crippen LogP contribution in [0.3, 0.4) is 0 Å². The zero-order valence-electron chi connectivity index (χ0n) is 24.7. The smallest absolute Gasteiger partial charge is 0.410 e. The molecule has 0 spiro atoms. The zero-order valence-corrected chi connectivity index (χ0v) is 24.7. The van der Waals surface area contributed by atoms with Gasteiger partial charge in [-0.2, -0.15) is 0 Å². The number of hydrogen-bond donors (Lipinski definition) is 3. The second-order valence-corrected chi connectivity index (χ2v) is 11.5. The van der Waals surface area contributed by atoms with E-state index in [1.165, 1.54) is 4.90 Å². The number of carbonyl (C=O) groups is 5. The van der Waals surface area contributed by atoms with Crippen LogP contribution in [-0.4, -0.2) is 70.5 Å². The van der Waals surface area contributed by atoms with E-state index in [1.807, 2.05) is 30.3 Å². The van der Waals surface area contributed by atoms with Crippen LogP contribution in [0, 0.1) is 0 Å². The fourth-order valence-corrected chi connectivity index (χ4v) is 4.14. The summed E-state index contributed by atoms with van der Waals surface area (Å²) in [6, 6.07) is 8.47. The summed E-state index contributed by atoms with van der Waals surface area (Å²) in [5.74, 6) is -2.18. The fraction of sp³-hybridized carbons (Fsp3) is 0.621. The predicted octanol–water partition coefficient (Wildman–Crippen LogP) is 2.82. The van der Waals surface area contributed by atoms with Crippen molar-refractivity contribution >= 4 is 29.8 Å². The van der Waals surface area contributed by atoms with Gasteiger partial charge in [0, 0.05) is 6.54 Å². The van der Waals surface area contributed by atoms with Gasteiger partial charge in [0.25, 0.3) is 0 Å². The summed E-state index contributed by atoms with van der Waals surface area (Å²) in [5.41, 5.74) is -2.57. The molecule has 40 heavy (non-hydrogen) atoms. The van der Waals surface area contributed by atoms with Gasteiger partial charge in [0.05, 0.1) is 0 Å². The van der Waals surface area contributed by atoms with Gasteiger partial charge in [-0.1, -0.05) is 44.2 Å². The minimum Gasteiger partial charge on any atom is -0.459 e. The Morgan fingerprint density at radius 3 is 2.08 bits per heavy atom. The Morgan fingerprint density at radius 2 is 1.50 bits per heavy atom. The first kappa shape index (κ1) is 32.6. The number of nitrogens with zero attached hydrogens (tertiary/aromatic N) is 1. The molecule has 0 aliphatic carbocycles. The van der Waals surface area contributed by atoms with Gasteiger partial charge < -0.3 is 25.4 Å². The van der Waals surface area contributed by atoms with E-state index in [4.69, 9.17) is 9.47 Å². The molecular formula is C29H44N4O7. The highest BCUT2D eigenvalue weighted by Gasteiger charge is 2.43. The van der Waals surface area contributed by atoms with Crippen molar-refractivity contribution in [2.75, 3.05) is 13.1 Å². The molecule has 11 heteroatoms. The Kier molecular flexibility index (Phi) is 11.1. The topological polar surface area (TPSA) is 143 Å². The molecule has 1 aromatic rings. The quantitative estimate of drug-likeness (QED) is 0.353. The summed E-state index contributed by atoms with van der Waals surface area (Å²) >= 11 is 0. The van der Waals surface area contributed by atoms with Crippen LogP contribution in [0.5, 0.6) is 0 Å². The number of rotatable bonds is 11. The summed E-state index contributed by atoms with van der Waals surface area (Å²) in [4.78, 5) is 65.8. The first-order valence-electron chi connectivity index (χ1n) is 13.8. The number of nitrogens with one attached hydrogen (secondary N) is 3. The van der Waals surface area contributed by atoms with Crippen LogP contribution in [0.1, 0.15) is 79.7 Å². The van der Waals surface area contributed by atoms with E-state index < -0.39 is 52.5 Å². The van der Waals surface area contributed by atoms with Gasteiger partial charge in [0.2, 0.25) is 17.7 Å². The van der Waals surface area contributed by atoms with Crippen molar-refractivity contribution in [2.24, 2.45) is 0 Å². The first-order chi connectivity index (χ1) is 18.6. The summed E-state index contributed by atoms with van der Waals surface area (Å²) in [6.07, 6.45) is 0.933. The molecule has 1 heterocycles. The lowest BCUT2D eigenvalue weighted by atomic mass is 9.91. The molecule has 222 valence electrons. The Bertz CT molecular complexity index is 1070. The van der Waals surface area contributed by atoms with Gasteiger partial charge >= 0.3 is 12.1 Å². The van der Waals surface area contributed by atoms with Crippen molar-refractivity contribution in [2.45, 2.75) is 103 Å². The average Bonchev–Trinajstić information content (AvgIpc) is 3.40. The highest BCUT2D eigenvalue weighted by molar-refractivity contribution is 5.98. The molecule has 0 aromatic heterocycles. The molecule has 3 N–H and O–H groups in total. The minimum absolute atomic E-state index is 0.0885. The number of ether oxygens (including phenoxy) is 2. The third kappa shape index (κ3) is 8.96. The van der Waals surface area contributed by atoms with Crippen LogP contribution in [-0.2, 0) is 35.3 Å². The molecule has 1 aliphatic rings. The molecule has 1 aromatic carbocycles.